The van der Waals surface area contributed by atoms with Gasteiger partial charge in [-0.25, -0.2) is 0 Å². The molecule has 100 valence electrons. The van der Waals surface area contributed by atoms with Gasteiger partial charge in [-0.15, -0.1) is 0 Å². The number of rotatable bonds is 8. The van der Waals surface area contributed by atoms with E-state index in [1.54, 1.807) is 0 Å². The van der Waals surface area contributed by atoms with E-state index in [0.717, 1.165) is 18.5 Å². The number of halogens is 2. The smallest absolute Gasteiger partial charge is 0.232 e. The van der Waals surface area contributed by atoms with Crippen LogP contribution in [0.4, 0.5) is 0 Å². The Balaban J connectivity index is 1.91. The molecular weight excluding hydrogens is 356 g/mol. The second-order valence-electron chi connectivity index (χ2n) is 5.09. The molecular formula is C11H18Br2O4. The molecule has 2 unspecified atom stereocenters. The third-order valence-electron chi connectivity index (χ3n) is 2.86. The van der Waals surface area contributed by atoms with E-state index >= 15 is 0 Å². The number of alkyl halides is 2. The largest absolute Gasteiger partial charge is 0.371 e. The quantitative estimate of drug-likeness (QED) is 0.372. The van der Waals surface area contributed by atoms with Gasteiger partial charge in [0.05, 0.1) is 26.4 Å². The van der Waals surface area contributed by atoms with Crippen molar-refractivity contribution in [2.75, 3.05) is 31.8 Å². The van der Waals surface area contributed by atoms with Gasteiger partial charge < -0.3 is 18.9 Å². The second-order valence-corrected chi connectivity index (χ2v) is 6.69. The molecule has 0 aromatic rings. The maximum absolute atomic E-state index is 5.87. The Hall–Kier alpha value is 0.800. The molecule has 2 aliphatic heterocycles. The Bertz CT molecular complexity index is 248. The van der Waals surface area contributed by atoms with Crippen LogP contribution in [0.1, 0.15) is 13.8 Å². The van der Waals surface area contributed by atoms with Crippen LogP contribution < -0.4 is 0 Å². The lowest BCUT2D eigenvalue weighted by Gasteiger charge is -2.40. The van der Waals surface area contributed by atoms with Gasteiger partial charge in [0.1, 0.15) is 12.2 Å². The summed E-state index contributed by atoms with van der Waals surface area (Å²) in [7, 11) is 0. The summed E-state index contributed by atoms with van der Waals surface area (Å²) in [5.74, 6) is 0. The van der Waals surface area contributed by atoms with Crippen LogP contribution >= 0.6 is 31.9 Å². The van der Waals surface area contributed by atoms with Crippen molar-refractivity contribution >= 4 is 31.9 Å². The first-order valence-electron chi connectivity index (χ1n) is 5.73. The molecule has 2 rings (SSSR count). The molecule has 2 heterocycles. The summed E-state index contributed by atoms with van der Waals surface area (Å²) in [4.78, 5) is 0. The summed E-state index contributed by atoms with van der Waals surface area (Å²) in [6, 6.07) is 0. The van der Waals surface area contributed by atoms with Crippen molar-refractivity contribution in [3.63, 3.8) is 0 Å². The molecule has 0 radical (unpaired) electrons. The molecule has 0 amide bonds. The van der Waals surface area contributed by atoms with E-state index in [9.17, 15) is 0 Å². The highest BCUT2D eigenvalue weighted by molar-refractivity contribution is 9.10. The zero-order valence-electron chi connectivity index (χ0n) is 10.1. The predicted molar refractivity (Wildman–Crippen MR) is 70.6 cm³/mol. The van der Waals surface area contributed by atoms with E-state index in [-0.39, 0.29) is 17.6 Å². The SMILES string of the molecule is CC(C)(CBr)C(Br)(OCC1CO1)OCC1CO1. The van der Waals surface area contributed by atoms with Crippen LogP contribution in [0, 0.1) is 5.41 Å². The first-order valence-corrected chi connectivity index (χ1v) is 7.64. The lowest BCUT2D eigenvalue weighted by Crippen LogP contribution is -2.46. The topological polar surface area (TPSA) is 43.5 Å². The number of ether oxygens (including phenoxy) is 4. The number of epoxide rings is 2. The van der Waals surface area contributed by atoms with Crippen molar-refractivity contribution in [2.45, 2.75) is 30.8 Å². The van der Waals surface area contributed by atoms with Gasteiger partial charge in [0.15, 0.2) is 0 Å². The van der Waals surface area contributed by atoms with Crippen LogP contribution in [0.3, 0.4) is 0 Å². The molecule has 0 N–H and O–H groups in total. The monoisotopic (exact) mass is 372 g/mol. The molecule has 2 saturated heterocycles. The average Bonchev–Trinajstić information content (AvgIpc) is 3.17. The van der Waals surface area contributed by atoms with Gasteiger partial charge in [0.25, 0.3) is 0 Å². The summed E-state index contributed by atoms with van der Waals surface area (Å²) in [6.45, 7) is 6.82. The lowest BCUT2D eigenvalue weighted by molar-refractivity contribution is -0.219. The molecule has 2 fully saturated rings. The molecule has 2 atom stereocenters. The van der Waals surface area contributed by atoms with Gasteiger partial charge in [-0.1, -0.05) is 29.8 Å². The van der Waals surface area contributed by atoms with Crippen molar-refractivity contribution in [3.05, 3.63) is 0 Å². The molecule has 0 aromatic heterocycles. The van der Waals surface area contributed by atoms with Crippen molar-refractivity contribution in [3.8, 4) is 0 Å². The van der Waals surface area contributed by atoms with E-state index in [4.69, 9.17) is 18.9 Å². The summed E-state index contributed by atoms with van der Waals surface area (Å²) in [5.41, 5.74) is -0.198. The van der Waals surface area contributed by atoms with Crippen LogP contribution in [0.15, 0.2) is 0 Å². The van der Waals surface area contributed by atoms with Crippen molar-refractivity contribution in [1.82, 2.24) is 0 Å². The Morgan fingerprint density at radius 3 is 1.82 bits per heavy atom. The van der Waals surface area contributed by atoms with Gasteiger partial charge in [-0.3, -0.25) is 0 Å². The fourth-order valence-corrected chi connectivity index (χ4v) is 2.39. The van der Waals surface area contributed by atoms with Crippen molar-refractivity contribution in [1.29, 1.82) is 0 Å². The molecule has 2 aliphatic rings. The Labute approximate surface area is 119 Å². The second kappa shape index (κ2) is 5.43. The fourth-order valence-electron chi connectivity index (χ4n) is 1.24. The highest BCUT2D eigenvalue weighted by Crippen LogP contribution is 2.43. The zero-order chi connectivity index (χ0) is 12.5. The summed E-state index contributed by atoms with van der Waals surface area (Å²) in [5, 5.41) is 0.766. The van der Waals surface area contributed by atoms with Crippen LogP contribution in [-0.2, 0) is 18.9 Å². The summed E-state index contributed by atoms with van der Waals surface area (Å²) < 4.78 is 21.2. The van der Waals surface area contributed by atoms with E-state index in [2.05, 4.69) is 45.7 Å². The van der Waals surface area contributed by atoms with Crippen LogP contribution in [0.25, 0.3) is 0 Å². The standard InChI is InChI=1S/C11H18Br2O4/c1-10(2,7-12)11(13,16-5-8-3-14-8)17-6-9-4-15-9/h8-9H,3-7H2,1-2H3. The predicted octanol–water partition coefficient (Wildman–Crippen LogP) is 2.29. The van der Waals surface area contributed by atoms with Crippen LogP contribution in [0.2, 0.25) is 0 Å². The minimum Gasteiger partial charge on any atom is -0.371 e. The Morgan fingerprint density at radius 2 is 1.53 bits per heavy atom. The summed E-state index contributed by atoms with van der Waals surface area (Å²) >= 11 is 7.09. The van der Waals surface area contributed by atoms with Gasteiger partial charge in [-0.05, 0) is 15.9 Å². The van der Waals surface area contributed by atoms with Crippen molar-refractivity contribution in [2.24, 2.45) is 5.41 Å². The maximum atomic E-state index is 5.87. The van der Waals surface area contributed by atoms with Gasteiger partial charge in [0, 0.05) is 10.7 Å². The molecule has 0 aliphatic carbocycles. The van der Waals surface area contributed by atoms with E-state index in [1.807, 2.05) is 0 Å². The molecule has 0 aromatic carbocycles. The third kappa shape index (κ3) is 3.88. The highest BCUT2D eigenvalue weighted by atomic mass is 79.9. The Kier molecular flexibility index (Phi) is 4.54. The highest BCUT2D eigenvalue weighted by Gasteiger charge is 2.47. The molecule has 4 nitrogen and oxygen atoms in total. The third-order valence-corrected chi connectivity index (χ3v) is 5.79. The molecule has 0 saturated carbocycles. The van der Waals surface area contributed by atoms with E-state index < -0.39 is 4.70 Å². The zero-order valence-corrected chi connectivity index (χ0v) is 13.3. The van der Waals surface area contributed by atoms with Crippen LogP contribution in [0.5, 0.6) is 0 Å². The van der Waals surface area contributed by atoms with Crippen LogP contribution in [-0.4, -0.2) is 48.7 Å². The molecule has 0 spiro atoms. The summed E-state index contributed by atoms with van der Waals surface area (Å²) in [6.07, 6.45) is 0.442. The number of hydrogen-bond donors (Lipinski definition) is 0. The minimum atomic E-state index is -0.804. The fraction of sp³-hybridized carbons (Fsp3) is 1.00. The first kappa shape index (κ1) is 14.2. The molecule has 0 bridgehead atoms. The first-order chi connectivity index (χ1) is 7.97. The lowest BCUT2D eigenvalue weighted by atomic mass is 9.95. The van der Waals surface area contributed by atoms with Crippen molar-refractivity contribution < 1.29 is 18.9 Å². The average molecular weight is 374 g/mol. The molecule has 17 heavy (non-hydrogen) atoms. The normalized spacial score (nSPS) is 31.1. The molecule has 6 heteroatoms. The van der Waals surface area contributed by atoms with Gasteiger partial charge >= 0.3 is 0 Å². The number of hydrogen-bond acceptors (Lipinski definition) is 4. The van der Waals surface area contributed by atoms with E-state index in [1.165, 1.54) is 0 Å². The maximum Gasteiger partial charge on any atom is 0.232 e. The van der Waals surface area contributed by atoms with Gasteiger partial charge in [0.2, 0.25) is 4.70 Å². The van der Waals surface area contributed by atoms with E-state index in [0.29, 0.717) is 13.2 Å². The van der Waals surface area contributed by atoms with Gasteiger partial charge in [-0.2, -0.15) is 0 Å². The Morgan fingerprint density at radius 1 is 1.12 bits per heavy atom. The minimum absolute atomic E-state index is 0.198.